The highest BCUT2D eigenvalue weighted by Gasteiger charge is 2.46. The third kappa shape index (κ3) is 5.24. The number of anilines is 1. The van der Waals surface area contributed by atoms with E-state index in [0.717, 1.165) is 4.90 Å². The summed E-state index contributed by atoms with van der Waals surface area (Å²) in [7, 11) is 0. The molecule has 0 aromatic carbocycles. The summed E-state index contributed by atoms with van der Waals surface area (Å²) in [4.78, 5) is 20.8. The number of amides is 1. The van der Waals surface area contributed by atoms with E-state index in [-0.39, 0.29) is 25.2 Å². The van der Waals surface area contributed by atoms with Gasteiger partial charge in [0.05, 0.1) is 18.9 Å². The predicted molar refractivity (Wildman–Crippen MR) is 86.1 cm³/mol. The first-order chi connectivity index (χ1) is 11.6. The van der Waals surface area contributed by atoms with E-state index in [0.29, 0.717) is 5.82 Å². The molecular weight excluding hydrogens is 332 g/mol. The Morgan fingerprint density at radius 1 is 1.48 bits per heavy atom. The molecule has 1 amide bonds. The second kappa shape index (κ2) is 7.17. The van der Waals surface area contributed by atoms with E-state index in [1.807, 2.05) is 6.07 Å². The van der Waals surface area contributed by atoms with Crippen molar-refractivity contribution in [2.24, 2.45) is 5.92 Å². The van der Waals surface area contributed by atoms with Crippen LogP contribution in [0.4, 0.5) is 19.4 Å². The van der Waals surface area contributed by atoms with Crippen molar-refractivity contribution >= 4 is 11.9 Å². The molecule has 1 aliphatic rings. The Kier molecular flexibility index (Phi) is 5.40. The van der Waals surface area contributed by atoms with Crippen molar-refractivity contribution in [2.45, 2.75) is 38.7 Å². The Balaban J connectivity index is 1.91. The third-order valence-electron chi connectivity index (χ3n) is 3.69. The molecule has 0 radical (unpaired) electrons. The van der Waals surface area contributed by atoms with Crippen molar-refractivity contribution in [2.75, 3.05) is 25.0 Å². The van der Waals surface area contributed by atoms with Crippen molar-refractivity contribution in [3.05, 3.63) is 18.1 Å². The van der Waals surface area contributed by atoms with Crippen LogP contribution in [0.25, 0.3) is 0 Å². The molecule has 1 N–H and O–H groups in total. The quantitative estimate of drug-likeness (QED) is 0.898. The van der Waals surface area contributed by atoms with Gasteiger partial charge in [-0.2, -0.15) is 5.26 Å². The number of ether oxygens (including phenoxy) is 1. The molecule has 2 rings (SSSR count). The minimum Gasteiger partial charge on any atom is -0.444 e. The molecule has 1 unspecified atom stereocenters. The van der Waals surface area contributed by atoms with E-state index in [4.69, 9.17) is 10.00 Å². The molecule has 1 aromatic heterocycles. The van der Waals surface area contributed by atoms with Crippen molar-refractivity contribution < 1.29 is 18.3 Å². The molecule has 0 aliphatic carbocycles. The van der Waals surface area contributed by atoms with E-state index >= 15 is 0 Å². The van der Waals surface area contributed by atoms with Crippen LogP contribution in [0.2, 0.25) is 0 Å². The molecule has 1 aliphatic heterocycles. The van der Waals surface area contributed by atoms with Gasteiger partial charge in [-0.25, -0.2) is 23.5 Å². The van der Waals surface area contributed by atoms with Gasteiger partial charge in [-0.15, -0.1) is 0 Å². The van der Waals surface area contributed by atoms with Gasteiger partial charge >= 0.3 is 6.09 Å². The number of nitrogens with zero attached hydrogens (tertiary/aromatic N) is 4. The standard InChI is InChI=1S/C16H21F2N5O2/c1-15(2,3)25-14(24)23-5-4-11(16(17,18)10-23)7-21-13-9-20-12(6-19)8-22-13/h8-9,11H,4-5,7,10H2,1-3H3,(H,21,22). The highest BCUT2D eigenvalue weighted by atomic mass is 19.3. The van der Waals surface area contributed by atoms with Gasteiger partial charge in [0, 0.05) is 19.0 Å². The number of nitrogens with one attached hydrogen (secondary N) is 1. The number of carbonyl (C=O) groups is 1. The van der Waals surface area contributed by atoms with Crippen LogP contribution in [-0.4, -0.2) is 52.1 Å². The van der Waals surface area contributed by atoms with Gasteiger partial charge in [0.25, 0.3) is 5.92 Å². The number of carbonyl (C=O) groups excluding carboxylic acids is 1. The zero-order valence-electron chi connectivity index (χ0n) is 14.4. The minimum absolute atomic E-state index is 0.00423. The van der Waals surface area contributed by atoms with E-state index in [2.05, 4.69) is 15.3 Å². The molecule has 0 saturated carbocycles. The number of rotatable bonds is 3. The second-order valence-corrected chi connectivity index (χ2v) is 6.93. The van der Waals surface area contributed by atoms with Crippen LogP contribution in [0, 0.1) is 17.2 Å². The predicted octanol–water partition coefficient (Wildman–Crippen LogP) is 2.65. The van der Waals surface area contributed by atoms with E-state index in [1.54, 1.807) is 20.8 Å². The molecule has 1 aromatic rings. The van der Waals surface area contributed by atoms with Gasteiger partial charge in [-0.05, 0) is 27.2 Å². The van der Waals surface area contributed by atoms with Gasteiger partial charge in [0.15, 0.2) is 5.69 Å². The second-order valence-electron chi connectivity index (χ2n) is 6.93. The van der Waals surface area contributed by atoms with Crippen molar-refractivity contribution in [1.29, 1.82) is 5.26 Å². The summed E-state index contributed by atoms with van der Waals surface area (Å²) in [6.07, 6.45) is 2.01. The number of piperidine rings is 1. The Morgan fingerprint density at radius 3 is 2.72 bits per heavy atom. The first-order valence-electron chi connectivity index (χ1n) is 7.92. The van der Waals surface area contributed by atoms with Gasteiger partial charge < -0.3 is 15.0 Å². The lowest BCUT2D eigenvalue weighted by molar-refractivity contribution is -0.106. The Hall–Kier alpha value is -2.50. The number of halogens is 2. The first kappa shape index (κ1) is 18.8. The van der Waals surface area contributed by atoms with Crippen LogP contribution in [0.3, 0.4) is 0 Å². The normalized spacial score (nSPS) is 19.8. The minimum atomic E-state index is -3.04. The zero-order chi connectivity index (χ0) is 18.7. The van der Waals surface area contributed by atoms with Gasteiger partial charge in [0.1, 0.15) is 17.5 Å². The summed E-state index contributed by atoms with van der Waals surface area (Å²) in [5, 5.41) is 11.5. The summed E-state index contributed by atoms with van der Waals surface area (Å²) in [6, 6.07) is 1.83. The Morgan fingerprint density at radius 2 is 2.20 bits per heavy atom. The molecule has 1 saturated heterocycles. The fraction of sp³-hybridized carbons (Fsp3) is 0.625. The highest BCUT2D eigenvalue weighted by molar-refractivity contribution is 5.68. The van der Waals surface area contributed by atoms with E-state index in [9.17, 15) is 13.6 Å². The summed E-state index contributed by atoms with van der Waals surface area (Å²) in [5.74, 6) is -3.66. The largest absolute Gasteiger partial charge is 0.444 e. The maximum absolute atomic E-state index is 14.4. The number of alkyl halides is 2. The van der Waals surface area contributed by atoms with Crippen LogP contribution in [0.1, 0.15) is 32.9 Å². The number of aromatic nitrogens is 2. The fourth-order valence-corrected chi connectivity index (χ4v) is 2.42. The molecule has 2 heterocycles. The third-order valence-corrected chi connectivity index (χ3v) is 3.69. The number of likely N-dealkylation sites (tertiary alicyclic amines) is 1. The maximum atomic E-state index is 14.4. The lowest BCUT2D eigenvalue weighted by atomic mass is 9.93. The van der Waals surface area contributed by atoms with Gasteiger partial charge in [-0.1, -0.05) is 0 Å². The van der Waals surface area contributed by atoms with Crippen molar-refractivity contribution in [3.8, 4) is 6.07 Å². The molecule has 25 heavy (non-hydrogen) atoms. The number of nitriles is 1. The summed E-state index contributed by atoms with van der Waals surface area (Å²) in [6.45, 7) is 4.61. The lowest BCUT2D eigenvalue weighted by Gasteiger charge is -2.38. The van der Waals surface area contributed by atoms with Crippen molar-refractivity contribution in [1.82, 2.24) is 14.9 Å². The van der Waals surface area contributed by atoms with E-state index in [1.165, 1.54) is 12.4 Å². The smallest absolute Gasteiger partial charge is 0.410 e. The molecule has 1 fully saturated rings. The van der Waals surface area contributed by atoms with Crippen LogP contribution >= 0.6 is 0 Å². The molecule has 9 heteroatoms. The monoisotopic (exact) mass is 353 g/mol. The molecule has 1 atom stereocenters. The molecule has 0 spiro atoms. The summed E-state index contributed by atoms with van der Waals surface area (Å²) >= 11 is 0. The molecule has 136 valence electrons. The first-order valence-corrected chi connectivity index (χ1v) is 7.92. The Bertz CT molecular complexity index is 652. The lowest BCUT2D eigenvalue weighted by Crippen LogP contribution is -2.53. The maximum Gasteiger partial charge on any atom is 0.410 e. The van der Waals surface area contributed by atoms with Crippen molar-refractivity contribution in [3.63, 3.8) is 0 Å². The number of hydrogen-bond donors (Lipinski definition) is 1. The van der Waals surface area contributed by atoms with Gasteiger partial charge in [0.2, 0.25) is 0 Å². The highest BCUT2D eigenvalue weighted by Crippen LogP contribution is 2.33. The molecule has 7 nitrogen and oxygen atoms in total. The van der Waals surface area contributed by atoms with E-state index < -0.39 is 30.1 Å². The average molecular weight is 353 g/mol. The molecule has 0 bridgehead atoms. The average Bonchev–Trinajstić information content (AvgIpc) is 2.52. The van der Waals surface area contributed by atoms with Crippen LogP contribution in [0.5, 0.6) is 0 Å². The zero-order valence-corrected chi connectivity index (χ0v) is 14.4. The number of hydrogen-bond acceptors (Lipinski definition) is 6. The van der Waals surface area contributed by atoms with Gasteiger partial charge in [-0.3, -0.25) is 0 Å². The topological polar surface area (TPSA) is 91.1 Å². The van der Waals surface area contributed by atoms with Crippen LogP contribution in [0.15, 0.2) is 12.4 Å². The molecular formula is C16H21F2N5O2. The summed E-state index contributed by atoms with van der Waals surface area (Å²) < 4.78 is 33.9. The fourth-order valence-electron chi connectivity index (χ4n) is 2.42. The summed E-state index contributed by atoms with van der Waals surface area (Å²) in [5.41, 5.74) is -0.569. The van der Waals surface area contributed by atoms with Crippen LogP contribution in [-0.2, 0) is 4.74 Å². The Labute approximate surface area is 145 Å². The SMILES string of the molecule is CC(C)(C)OC(=O)N1CCC(CNc2cnc(C#N)cn2)C(F)(F)C1. The van der Waals surface area contributed by atoms with Crippen LogP contribution < -0.4 is 5.32 Å².